The molecule has 0 spiro atoms. The van der Waals surface area contributed by atoms with Gasteiger partial charge in [0.15, 0.2) is 0 Å². The van der Waals surface area contributed by atoms with E-state index in [-0.39, 0.29) is 13.1 Å². The zero-order valence-electron chi connectivity index (χ0n) is 7.94. The van der Waals surface area contributed by atoms with Gasteiger partial charge >= 0.3 is 0 Å². The van der Waals surface area contributed by atoms with Crippen molar-refractivity contribution in [1.82, 2.24) is 0 Å². The van der Waals surface area contributed by atoms with E-state index in [1.54, 1.807) is 18.2 Å². The molecule has 0 aliphatic rings. The first-order valence-electron chi connectivity index (χ1n) is 4.23. The molecule has 0 atom stereocenters. The third kappa shape index (κ3) is 2.52. The Kier molecular flexibility index (Phi) is 3.79. The van der Waals surface area contributed by atoms with E-state index in [1.165, 1.54) is 4.90 Å². The van der Waals surface area contributed by atoms with Gasteiger partial charge in [0, 0.05) is 0 Å². The van der Waals surface area contributed by atoms with Gasteiger partial charge in [-0.05, 0) is 12.1 Å². The van der Waals surface area contributed by atoms with E-state index < -0.39 is 0 Å². The molecule has 0 bridgehead atoms. The smallest absolute Gasteiger partial charge is 0.107 e. The third-order valence-corrected chi connectivity index (χ3v) is 2.16. The number of rotatable bonds is 3. The van der Waals surface area contributed by atoms with Crippen molar-refractivity contribution in [2.24, 2.45) is 0 Å². The number of para-hydroxylation sites is 1. The summed E-state index contributed by atoms with van der Waals surface area (Å²) in [5.74, 6) is 0. The molecule has 0 aromatic heterocycles. The lowest BCUT2D eigenvalue weighted by Gasteiger charge is -2.21. The molecule has 15 heavy (non-hydrogen) atoms. The Morgan fingerprint density at radius 1 is 1.27 bits per heavy atom. The minimum Gasteiger partial charge on any atom is -0.397 e. The van der Waals surface area contributed by atoms with Crippen LogP contribution in [0, 0.1) is 22.7 Å². The molecule has 0 fully saturated rings. The second-order valence-corrected chi connectivity index (χ2v) is 3.26. The fourth-order valence-electron chi connectivity index (χ4n) is 1.25. The first-order chi connectivity index (χ1) is 7.20. The molecule has 1 aromatic carbocycles. The average molecular weight is 221 g/mol. The maximum atomic E-state index is 8.62. The average Bonchev–Trinajstić information content (AvgIpc) is 2.18. The van der Waals surface area contributed by atoms with E-state index >= 15 is 0 Å². The first kappa shape index (κ1) is 11.2. The number of anilines is 2. The highest BCUT2D eigenvalue weighted by atomic mass is 35.5. The number of nitrogen functional groups attached to an aromatic ring is 1. The minimum atomic E-state index is 0.0848. The lowest BCUT2D eigenvalue weighted by Crippen LogP contribution is -2.25. The second-order valence-electron chi connectivity index (χ2n) is 2.85. The maximum absolute atomic E-state index is 8.62. The van der Waals surface area contributed by atoms with Gasteiger partial charge in [0.25, 0.3) is 0 Å². The molecule has 1 aromatic rings. The summed E-state index contributed by atoms with van der Waals surface area (Å²) < 4.78 is 0. The van der Waals surface area contributed by atoms with Crippen LogP contribution in [0.2, 0.25) is 5.02 Å². The van der Waals surface area contributed by atoms with Crippen molar-refractivity contribution in [3.05, 3.63) is 23.2 Å². The van der Waals surface area contributed by atoms with E-state index in [9.17, 15) is 0 Å². The van der Waals surface area contributed by atoms with Crippen molar-refractivity contribution >= 4 is 23.0 Å². The summed E-state index contributed by atoms with van der Waals surface area (Å²) in [4.78, 5) is 1.54. The van der Waals surface area contributed by atoms with Gasteiger partial charge in [-0.3, -0.25) is 0 Å². The predicted molar refractivity (Wildman–Crippen MR) is 59.3 cm³/mol. The summed E-state index contributed by atoms with van der Waals surface area (Å²) in [6, 6.07) is 9.01. The fraction of sp³-hybridized carbons (Fsp3) is 0.200. The van der Waals surface area contributed by atoms with Gasteiger partial charge in [0.05, 0.1) is 28.5 Å². The number of benzene rings is 1. The Labute approximate surface area is 93.1 Å². The van der Waals surface area contributed by atoms with Gasteiger partial charge < -0.3 is 10.6 Å². The van der Waals surface area contributed by atoms with Crippen molar-refractivity contribution in [3.8, 4) is 12.1 Å². The highest BCUT2D eigenvalue weighted by Crippen LogP contribution is 2.31. The topological polar surface area (TPSA) is 76.8 Å². The van der Waals surface area contributed by atoms with Gasteiger partial charge in [-0.15, -0.1) is 0 Å². The SMILES string of the molecule is N#CCN(CC#N)c1c(N)cccc1Cl. The molecular weight excluding hydrogens is 212 g/mol. The maximum Gasteiger partial charge on any atom is 0.107 e. The Morgan fingerprint density at radius 3 is 2.33 bits per heavy atom. The van der Waals surface area contributed by atoms with Crippen LogP contribution in [-0.4, -0.2) is 13.1 Å². The van der Waals surface area contributed by atoms with E-state index in [0.717, 1.165) is 0 Å². The minimum absolute atomic E-state index is 0.0848. The molecule has 4 nitrogen and oxygen atoms in total. The number of nitrogens with two attached hydrogens (primary N) is 1. The molecule has 1 rings (SSSR count). The molecule has 0 saturated heterocycles. The Morgan fingerprint density at radius 2 is 1.87 bits per heavy atom. The highest BCUT2D eigenvalue weighted by molar-refractivity contribution is 6.34. The highest BCUT2D eigenvalue weighted by Gasteiger charge is 2.12. The van der Waals surface area contributed by atoms with Gasteiger partial charge in [0.1, 0.15) is 13.1 Å². The predicted octanol–water partition coefficient (Wildman–Crippen LogP) is 1.78. The first-order valence-corrected chi connectivity index (χ1v) is 4.61. The molecule has 76 valence electrons. The van der Waals surface area contributed by atoms with Gasteiger partial charge in [-0.2, -0.15) is 10.5 Å². The van der Waals surface area contributed by atoms with E-state index in [1.807, 2.05) is 12.1 Å². The van der Waals surface area contributed by atoms with Crippen molar-refractivity contribution < 1.29 is 0 Å². The van der Waals surface area contributed by atoms with E-state index in [0.29, 0.717) is 16.4 Å². The van der Waals surface area contributed by atoms with Crippen LogP contribution in [0.5, 0.6) is 0 Å². The Hall–Kier alpha value is -1.91. The van der Waals surface area contributed by atoms with Crippen LogP contribution in [0.15, 0.2) is 18.2 Å². The standard InChI is InChI=1S/C10H9ClN4/c11-8-2-1-3-9(14)10(8)15(6-4-12)7-5-13/h1-3H,6-7,14H2. The van der Waals surface area contributed by atoms with Crippen molar-refractivity contribution in [1.29, 1.82) is 10.5 Å². The van der Waals surface area contributed by atoms with Crippen LogP contribution in [0.25, 0.3) is 0 Å². The van der Waals surface area contributed by atoms with Crippen molar-refractivity contribution in [3.63, 3.8) is 0 Å². The summed E-state index contributed by atoms with van der Waals surface area (Å²) in [6.45, 7) is 0.170. The summed E-state index contributed by atoms with van der Waals surface area (Å²) in [6.07, 6.45) is 0. The lowest BCUT2D eigenvalue weighted by atomic mass is 10.2. The summed E-state index contributed by atoms with van der Waals surface area (Å²) in [5, 5.41) is 17.7. The zero-order valence-corrected chi connectivity index (χ0v) is 8.70. The van der Waals surface area contributed by atoms with E-state index in [2.05, 4.69) is 0 Å². The molecule has 0 aliphatic heterocycles. The van der Waals surface area contributed by atoms with Crippen LogP contribution in [0.4, 0.5) is 11.4 Å². The summed E-state index contributed by atoms with van der Waals surface area (Å²) >= 11 is 5.96. The summed E-state index contributed by atoms with van der Waals surface area (Å²) in [5.41, 5.74) is 6.75. The van der Waals surface area contributed by atoms with Gasteiger partial charge in [-0.1, -0.05) is 17.7 Å². The quantitative estimate of drug-likeness (QED) is 0.622. The molecule has 0 heterocycles. The lowest BCUT2D eigenvalue weighted by molar-refractivity contribution is 0.968. The largest absolute Gasteiger partial charge is 0.397 e. The van der Waals surface area contributed by atoms with Crippen LogP contribution in [0.3, 0.4) is 0 Å². The fourth-order valence-corrected chi connectivity index (χ4v) is 1.55. The van der Waals surface area contributed by atoms with Crippen LogP contribution >= 0.6 is 11.6 Å². The number of nitriles is 2. The second kappa shape index (κ2) is 5.09. The van der Waals surface area contributed by atoms with Crippen LogP contribution in [0.1, 0.15) is 0 Å². The molecule has 0 radical (unpaired) electrons. The zero-order chi connectivity index (χ0) is 11.3. The van der Waals surface area contributed by atoms with Gasteiger partial charge in [0.2, 0.25) is 0 Å². The van der Waals surface area contributed by atoms with Crippen molar-refractivity contribution in [2.75, 3.05) is 23.7 Å². The Bertz CT molecular complexity index is 394. The van der Waals surface area contributed by atoms with Gasteiger partial charge in [-0.25, -0.2) is 0 Å². The molecular formula is C10H9ClN4. The number of nitrogens with zero attached hydrogens (tertiary/aromatic N) is 3. The van der Waals surface area contributed by atoms with E-state index in [4.69, 9.17) is 27.9 Å². The van der Waals surface area contributed by atoms with Crippen molar-refractivity contribution in [2.45, 2.75) is 0 Å². The number of halogens is 1. The van der Waals surface area contributed by atoms with Crippen LogP contribution in [-0.2, 0) is 0 Å². The molecule has 0 aliphatic carbocycles. The number of hydrogen-bond donors (Lipinski definition) is 1. The summed E-state index contributed by atoms with van der Waals surface area (Å²) in [7, 11) is 0. The molecule has 0 saturated carbocycles. The molecule has 2 N–H and O–H groups in total. The van der Waals surface area contributed by atoms with Crippen LogP contribution < -0.4 is 10.6 Å². The monoisotopic (exact) mass is 220 g/mol. The number of hydrogen-bond acceptors (Lipinski definition) is 4. The molecule has 0 amide bonds. The third-order valence-electron chi connectivity index (χ3n) is 1.86. The molecule has 5 heteroatoms. The Balaban J connectivity index is 3.12. The molecule has 0 unspecified atom stereocenters. The normalized spacial score (nSPS) is 9.00.